The molecule has 3 aromatic heterocycles. The second-order valence-corrected chi connectivity index (χ2v) is 4.44. The number of H-pyrrole nitrogens is 1. The van der Waals surface area contributed by atoms with Crippen molar-refractivity contribution >= 4 is 33.2 Å². The molecule has 0 atom stereocenters. The van der Waals surface area contributed by atoms with Gasteiger partial charge in [-0.3, -0.25) is 0 Å². The number of benzene rings is 1. The van der Waals surface area contributed by atoms with Crippen molar-refractivity contribution in [2.24, 2.45) is 0 Å². The van der Waals surface area contributed by atoms with Crippen molar-refractivity contribution in [1.29, 1.82) is 0 Å². The highest BCUT2D eigenvalue weighted by atomic mass is 15.0. The number of hydrogen-bond acceptors (Lipinski definition) is 3. The Balaban J connectivity index is 2.25. The van der Waals surface area contributed by atoms with Gasteiger partial charge in [-0.25, -0.2) is 15.0 Å². The Kier molecular flexibility index (Phi) is 1.73. The standard InChI is InChI=1S/C14H10N4/c1-8-4-5-10-9(7-8)12-14(17-10)18-13-11(16-12)3-2-6-15-13/h2-7H,1H3,(H,15,17,18). The molecule has 1 N–H and O–H groups in total. The van der Waals surface area contributed by atoms with Gasteiger partial charge >= 0.3 is 0 Å². The SMILES string of the molecule is Cc1ccc2[nH]c3nc4ncccc4nc3c2c1. The molecule has 18 heavy (non-hydrogen) atoms. The van der Waals surface area contributed by atoms with E-state index in [1.807, 2.05) is 12.1 Å². The smallest absolute Gasteiger partial charge is 0.180 e. The number of rotatable bonds is 0. The Labute approximate surface area is 103 Å². The average molecular weight is 234 g/mol. The summed E-state index contributed by atoms with van der Waals surface area (Å²) in [4.78, 5) is 16.7. The maximum absolute atomic E-state index is 4.65. The lowest BCUT2D eigenvalue weighted by Gasteiger charge is -1.95. The van der Waals surface area contributed by atoms with Crippen molar-refractivity contribution in [3.05, 3.63) is 42.1 Å². The molecule has 3 heterocycles. The lowest BCUT2D eigenvalue weighted by atomic mass is 10.2. The minimum absolute atomic E-state index is 0.674. The molecule has 4 heteroatoms. The second-order valence-electron chi connectivity index (χ2n) is 4.44. The molecule has 4 nitrogen and oxygen atoms in total. The van der Waals surface area contributed by atoms with Crippen molar-refractivity contribution in [3.63, 3.8) is 0 Å². The van der Waals surface area contributed by atoms with Gasteiger partial charge in [-0.05, 0) is 31.2 Å². The van der Waals surface area contributed by atoms with E-state index in [4.69, 9.17) is 0 Å². The van der Waals surface area contributed by atoms with Crippen LogP contribution in [0.25, 0.3) is 33.2 Å². The van der Waals surface area contributed by atoms with Crippen LogP contribution >= 0.6 is 0 Å². The van der Waals surface area contributed by atoms with E-state index in [0.717, 1.165) is 27.6 Å². The van der Waals surface area contributed by atoms with Crippen LogP contribution in [0.1, 0.15) is 5.56 Å². The zero-order valence-electron chi connectivity index (χ0n) is 9.81. The molecule has 0 fully saturated rings. The van der Waals surface area contributed by atoms with Gasteiger partial charge in [-0.15, -0.1) is 0 Å². The molecule has 0 saturated carbocycles. The first-order chi connectivity index (χ1) is 8.81. The van der Waals surface area contributed by atoms with Crippen molar-refractivity contribution < 1.29 is 0 Å². The Morgan fingerprint density at radius 3 is 3.00 bits per heavy atom. The third-order valence-corrected chi connectivity index (χ3v) is 3.12. The van der Waals surface area contributed by atoms with Crippen LogP contribution in [0.2, 0.25) is 0 Å². The number of aromatic nitrogens is 4. The van der Waals surface area contributed by atoms with Crippen LogP contribution < -0.4 is 0 Å². The number of fused-ring (bicyclic) bond motifs is 4. The van der Waals surface area contributed by atoms with Crippen molar-refractivity contribution in [2.75, 3.05) is 0 Å². The third kappa shape index (κ3) is 1.23. The molecule has 0 saturated heterocycles. The Morgan fingerprint density at radius 2 is 2.06 bits per heavy atom. The predicted octanol–water partition coefficient (Wildman–Crippen LogP) is 2.97. The van der Waals surface area contributed by atoms with Gasteiger partial charge in [-0.2, -0.15) is 0 Å². The van der Waals surface area contributed by atoms with Crippen LogP contribution in [0.15, 0.2) is 36.5 Å². The fourth-order valence-corrected chi connectivity index (χ4v) is 2.26. The number of hydrogen-bond donors (Lipinski definition) is 1. The topological polar surface area (TPSA) is 54.5 Å². The summed E-state index contributed by atoms with van der Waals surface area (Å²) in [5.74, 6) is 0. The van der Waals surface area contributed by atoms with Gasteiger partial charge in [0.1, 0.15) is 11.0 Å². The largest absolute Gasteiger partial charge is 0.338 e. The first-order valence-electron chi connectivity index (χ1n) is 5.82. The molecule has 0 bridgehead atoms. The van der Waals surface area contributed by atoms with Crippen LogP contribution in [0.3, 0.4) is 0 Å². The monoisotopic (exact) mass is 234 g/mol. The molecular formula is C14H10N4. The summed E-state index contributed by atoms with van der Waals surface area (Å²) in [6, 6.07) is 10.1. The lowest BCUT2D eigenvalue weighted by Crippen LogP contribution is -1.87. The van der Waals surface area contributed by atoms with Gasteiger partial charge in [0.2, 0.25) is 0 Å². The highest BCUT2D eigenvalue weighted by Gasteiger charge is 2.08. The first-order valence-corrected chi connectivity index (χ1v) is 5.82. The van der Waals surface area contributed by atoms with Gasteiger partial charge < -0.3 is 4.98 Å². The number of nitrogens with zero attached hydrogens (tertiary/aromatic N) is 3. The van der Waals surface area contributed by atoms with Gasteiger partial charge in [0.05, 0.1) is 0 Å². The molecule has 4 aromatic rings. The van der Waals surface area contributed by atoms with Crippen molar-refractivity contribution in [3.8, 4) is 0 Å². The second kappa shape index (κ2) is 3.26. The fourth-order valence-electron chi connectivity index (χ4n) is 2.26. The minimum Gasteiger partial charge on any atom is -0.338 e. The average Bonchev–Trinajstić information content (AvgIpc) is 2.73. The molecule has 0 radical (unpaired) electrons. The molecule has 0 aliphatic carbocycles. The van der Waals surface area contributed by atoms with E-state index in [9.17, 15) is 0 Å². The summed E-state index contributed by atoms with van der Waals surface area (Å²) in [7, 11) is 0. The Morgan fingerprint density at radius 1 is 1.11 bits per heavy atom. The Hall–Kier alpha value is -2.49. The maximum Gasteiger partial charge on any atom is 0.180 e. The van der Waals surface area contributed by atoms with Crippen LogP contribution in [0.5, 0.6) is 0 Å². The number of pyridine rings is 1. The zero-order chi connectivity index (χ0) is 12.1. The summed E-state index contributed by atoms with van der Waals surface area (Å²) in [6.07, 6.45) is 1.73. The summed E-state index contributed by atoms with van der Waals surface area (Å²) < 4.78 is 0. The summed E-state index contributed by atoms with van der Waals surface area (Å²) >= 11 is 0. The van der Waals surface area contributed by atoms with Crippen LogP contribution in [-0.4, -0.2) is 19.9 Å². The van der Waals surface area contributed by atoms with Gasteiger partial charge in [0, 0.05) is 17.1 Å². The third-order valence-electron chi connectivity index (χ3n) is 3.12. The lowest BCUT2D eigenvalue weighted by molar-refractivity contribution is 1.27. The van der Waals surface area contributed by atoms with Crippen LogP contribution in [0.4, 0.5) is 0 Å². The predicted molar refractivity (Wildman–Crippen MR) is 71.4 cm³/mol. The molecule has 0 spiro atoms. The van der Waals surface area contributed by atoms with Gasteiger partial charge in [-0.1, -0.05) is 11.6 Å². The molecule has 1 aromatic carbocycles. The van der Waals surface area contributed by atoms with E-state index in [1.165, 1.54) is 5.56 Å². The maximum atomic E-state index is 4.65. The summed E-state index contributed by atoms with van der Waals surface area (Å²) in [6.45, 7) is 2.08. The number of aryl methyl sites for hydroxylation is 1. The molecule has 86 valence electrons. The van der Waals surface area contributed by atoms with E-state index in [0.29, 0.717) is 5.65 Å². The van der Waals surface area contributed by atoms with E-state index >= 15 is 0 Å². The number of nitrogens with one attached hydrogen (secondary N) is 1. The molecule has 0 unspecified atom stereocenters. The molecule has 4 rings (SSSR count). The summed E-state index contributed by atoms with van der Waals surface area (Å²) in [5.41, 5.74) is 5.49. The van der Waals surface area contributed by atoms with Gasteiger partial charge in [0.15, 0.2) is 11.3 Å². The van der Waals surface area contributed by atoms with E-state index < -0.39 is 0 Å². The Bertz CT molecular complexity index is 892. The molecule has 0 amide bonds. The highest BCUT2D eigenvalue weighted by Crippen LogP contribution is 2.24. The zero-order valence-corrected chi connectivity index (χ0v) is 9.81. The van der Waals surface area contributed by atoms with Crippen LogP contribution in [0, 0.1) is 6.92 Å². The molecule has 0 aliphatic rings. The quantitative estimate of drug-likeness (QED) is 0.509. The first kappa shape index (κ1) is 9.53. The van der Waals surface area contributed by atoms with Crippen LogP contribution in [-0.2, 0) is 0 Å². The number of aromatic amines is 1. The van der Waals surface area contributed by atoms with E-state index in [1.54, 1.807) is 6.20 Å². The fraction of sp³-hybridized carbons (Fsp3) is 0.0714. The molecule has 0 aliphatic heterocycles. The van der Waals surface area contributed by atoms with Crippen molar-refractivity contribution in [2.45, 2.75) is 6.92 Å². The summed E-state index contributed by atoms with van der Waals surface area (Å²) in [5, 5.41) is 1.11. The van der Waals surface area contributed by atoms with Crippen molar-refractivity contribution in [1.82, 2.24) is 19.9 Å². The minimum atomic E-state index is 0.674. The highest BCUT2D eigenvalue weighted by molar-refractivity contribution is 6.05. The van der Waals surface area contributed by atoms with E-state index in [2.05, 4.69) is 45.1 Å². The van der Waals surface area contributed by atoms with Gasteiger partial charge in [0.25, 0.3) is 0 Å². The van der Waals surface area contributed by atoms with E-state index in [-0.39, 0.29) is 0 Å². The normalized spacial score (nSPS) is 11.6. The molecular weight excluding hydrogens is 224 g/mol.